The molecule has 0 aliphatic heterocycles. The zero-order chi connectivity index (χ0) is 12.4. The van der Waals surface area contributed by atoms with Gasteiger partial charge in [-0.15, -0.1) is 0 Å². The first-order chi connectivity index (χ1) is 8.08. The predicted molar refractivity (Wildman–Crippen MR) is 69.9 cm³/mol. The minimum atomic E-state index is 0.108. The van der Waals surface area contributed by atoms with Gasteiger partial charge < -0.3 is 10.6 Å². The zero-order valence-electron chi connectivity index (χ0n) is 10.5. The van der Waals surface area contributed by atoms with Gasteiger partial charge in [0, 0.05) is 24.7 Å². The van der Waals surface area contributed by atoms with E-state index in [1.165, 1.54) is 5.56 Å². The molecule has 1 amide bonds. The maximum Gasteiger partial charge on any atom is 0.229 e. The molecule has 0 aromatic heterocycles. The van der Waals surface area contributed by atoms with E-state index in [9.17, 15) is 4.79 Å². The number of hydrogen-bond donors (Lipinski definition) is 1. The molecule has 2 N–H and O–H groups in total. The van der Waals surface area contributed by atoms with Gasteiger partial charge in [0.25, 0.3) is 0 Å². The van der Waals surface area contributed by atoms with Crippen molar-refractivity contribution in [2.45, 2.75) is 32.2 Å². The lowest BCUT2D eigenvalue weighted by Crippen LogP contribution is -2.32. The van der Waals surface area contributed by atoms with Crippen LogP contribution in [-0.4, -0.2) is 19.0 Å². The van der Waals surface area contributed by atoms with Gasteiger partial charge in [-0.3, -0.25) is 4.79 Å². The molecule has 1 saturated carbocycles. The monoisotopic (exact) mass is 232 g/mol. The topological polar surface area (TPSA) is 46.3 Å². The van der Waals surface area contributed by atoms with Crippen LogP contribution in [0.5, 0.6) is 0 Å². The number of carbonyl (C=O) groups is 1. The van der Waals surface area contributed by atoms with Crippen molar-refractivity contribution < 1.29 is 4.79 Å². The molecule has 3 nitrogen and oxygen atoms in total. The minimum absolute atomic E-state index is 0.108. The van der Waals surface area contributed by atoms with Crippen molar-refractivity contribution in [2.24, 2.45) is 11.7 Å². The molecule has 0 spiro atoms. The Bertz CT molecular complexity index is 399. The van der Waals surface area contributed by atoms with Crippen molar-refractivity contribution in [1.29, 1.82) is 0 Å². The normalized spacial score (nSPS) is 23.7. The van der Waals surface area contributed by atoms with E-state index in [-0.39, 0.29) is 17.9 Å². The molecule has 1 aromatic rings. The summed E-state index contributed by atoms with van der Waals surface area (Å²) < 4.78 is 0. The van der Waals surface area contributed by atoms with Gasteiger partial charge in [-0.25, -0.2) is 0 Å². The first kappa shape index (κ1) is 12.1. The number of nitrogens with two attached hydrogens (primary N) is 1. The summed E-state index contributed by atoms with van der Waals surface area (Å²) in [5.74, 6) is 0.304. The SMILES string of the molecule is Cc1ccc(N(C)C(=O)C2CCC(N)C2)cc1. The van der Waals surface area contributed by atoms with Crippen LogP contribution in [0.25, 0.3) is 0 Å². The molecule has 2 atom stereocenters. The van der Waals surface area contributed by atoms with Crippen LogP contribution in [0.1, 0.15) is 24.8 Å². The number of amides is 1. The maximum atomic E-state index is 12.2. The summed E-state index contributed by atoms with van der Waals surface area (Å²) in [4.78, 5) is 14.0. The van der Waals surface area contributed by atoms with E-state index < -0.39 is 0 Å². The number of hydrogen-bond acceptors (Lipinski definition) is 2. The van der Waals surface area contributed by atoms with Crippen molar-refractivity contribution in [3.05, 3.63) is 29.8 Å². The fraction of sp³-hybridized carbons (Fsp3) is 0.500. The Balaban J connectivity index is 2.06. The highest BCUT2D eigenvalue weighted by Gasteiger charge is 2.30. The summed E-state index contributed by atoms with van der Waals surface area (Å²) in [5, 5.41) is 0. The minimum Gasteiger partial charge on any atom is -0.328 e. The van der Waals surface area contributed by atoms with Crippen LogP contribution < -0.4 is 10.6 Å². The predicted octanol–water partition coefficient (Wildman–Crippen LogP) is 2.09. The molecular formula is C14H20N2O. The van der Waals surface area contributed by atoms with Crippen molar-refractivity contribution in [1.82, 2.24) is 0 Å². The lowest BCUT2D eigenvalue weighted by molar-refractivity contribution is -0.121. The van der Waals surface area contributed by atoms with Crippen LogP contribution in [0.15, 0.2) is 24.3 Å². The second-order valence-electron chi connectivity index (χ2n) is 5.00. The fourth-order valence-electron chi connectivity index (χ4n) is 2.41. The smallest absolute Gasteiger partial charge is 0.229 e. The second kappa shape index (κ2) is 4.88. The van der Waals surface area contributed by atoms with Crippen molar-refractivity contribution in [3.63, 3.8) is 0 Å². The zero-order valence-corrected chi connectivity index (χ0v) is 10.5. The molecule has 0 saturated heterocycles. The highest BCUT2D eigenvalue weighted by atomic mass is 16.2. The standard InChI is InChI=1S/C14H20N2O/c1-10-3-7-13(8-4-10)16(2)14(17)11-5-6-12(15)9-11/h3-4,7-8,11-12H,5-6,9,15H2,1-2H3. The van der Waals surface area contributed by atoms with Gasteiger partial charge in [-0.2, -0.15) is 0 Å². The van der Waals surface area contributed by atoms with E-state index in [4.69, 9.17) is 5.73 Å². The van der Waals surface area contributed by atoms with E-state index >= 15 is 0 Å². The average Bonchev–Trinajstić information content (AvgIpc) is 2.75. The lowest BCUT2D eigenvalue weighted by atomic mass is 10.1. The number of rotatable bonds is 2. The Morgan fingerprint density at radius 1 is 1.29 bits per heavy atom. The molecule has 3 heteroatoms. The lowest BCUT2D eigenvalue weighted by Gasteiger charge is -2.21. The summed E-state index contributed by atoms with van der Waals surface area (Å²) in [6.45, 7) is 2.04. The van der Waals surface area contributed by atoms with Gasteiger partial charge in [-0.1, -0.05) is 17.7 Å². The largest absolute Gasteiger partial charge is 0.328 e. The molecule has 0 heterocycles. The molecular weight excluding hydrogens is 212 g/mol. The van der Waals surface area contributed by atoms with Crippen LogP contribution >= 0.6 is 0 Å². The number of aryl methyl sites for hydroxylation is 1. The highest BCUT2D eigenvalue weighted by Crippen LogP contribution is 2.27. The van der Waals surface area contributed by atoms with Crippen LogP contribution in [0.3, 0.4) is 0 Å². The summed E-state index contributed by atoms with van der Waals surface area (Å²) in [7, 11) is 1.84. The van der Waals surface area contributed by atoms with Gasteiger partial charge in [0.15, 0.2) is 0 Å². The molecule has 17 heavy (non-hydrogen) atoms. The van der Waals surface area contributed by atoms with E-state index in [1.54, 1.807) is 4.90 Å². The molecule has 2 rings (SSSR count). The van der Waals surface area contributed by atoms with Crippen LogP contribution in [0.2, 0.25) is 0 Å². The number of benzene rings is 1. The van der Waals surface area contributed by atoms with E-state index in [2.05, 4.69) is 0 Å². The number of nitrogens with zero attached hydrogens (tertiary/aromatic N) is 1. The first-order valence-electron chi connectivity index (χ1n) is 6.17. The van der Waals surface area contributed by atoms with Crippen molar-refractivity contribution >= 4 is 11.6 Å². The third-order valence-corrected chi connectivity index (χ3v) is 3.57. The summed E-state index contributed by atoms with van der Waals surface area (Å²) in [5.41, 5.74) is 8.02. The van der Waals surface area contributed by atoms with Gasteiger partial charge >= 0.3 is 0 Å². The second-order valence-corrected chi connectivity index (χ2v) is 5.00. The summed E-state index contributed by atoms with van der Waals surface area (Å²) >= 11 is 0. The molecule has 1 fully saturated rings. The Morgan fingerprint density at radius 3 is 2.47 bits per heavy atom. The molecule has 1 aromatic carbocycles. The van der Waals surface area contributed by atoms with Gasteiger partial charge in [-0.05, 0) is 38.3 Å². The van der Waals surface area contributed by atoms with Crippen LogP contribution in [-0.2, 0) is 4.79 Å². The summed E-state index contributed by atoms with van der Waals surface area (Å²) in [6, 6.07) is 8.24. The molecule has 92 valence electrons. The van der Waals surface area contributed by atoms with Crippen LogP contribution in [0, 0.1) is 12.8 Å². The Hall–Kier alpha value is -1.35. The Morgan fingerprint density at radius 2 is 1.94 bits per heavy atom. The maximum absolute atomic E-state index is 12.2. The Labute approximate surface area is 103 Å². The quantitative estimate of drug-likeness (QED) is 0.848. The number of anilines is 1. The Kier molecular flexibility index (Phi) is 3.48. The van der Waals surface area contributed by atoms with E-state index in [0.29, 0.717) is 0 Å². The van der Waals surface area contributed by atoms with E-state index in [0.717, 1.165) is 24.9 Å². The fourth-order valence-corrected chi connectivity index (χ4v) is 2.41. The molecule has 0 bridgehead atoms. The molecule has 1 aliphatic carbocycles. The molecule has 2 unspecified atom stereocenters. The molecule has 1 aliphatic rings. The van der Waals surface area contributed by atoms with Gasteiger partial charge in [0.2, 0.25) is 5.91 Å². The summed E-state index contributed by atoms with van der Waals surface area (Å²) in [6.07, 6.45) is 2.73. The number of carbonyl (C=O) groups excluding carboxylic acids is 1. The van der Waals surface area contributed by atoms with Crippen molar-refractivity contribution in [2.75, 3.05) is 11.9 Å². The van der Waals surface area contributed by atoms with Crippen molar-refractivity contribution in [3.8, 4) is 0 Å². The highest BCUT2D eigenvalue weighted by molar-refractivity contribution is 5.94. The van der Waals surface area contributed by atoms with Gasteiger partial charge in [0.05, 0.1) is 0 Å². The van der Waals surface area contributed by atoms with E-state index in [1.807, 2.05) is 38.2 Å². The van der Waals surface area contributed by atoms with Crippen LogP contribution in [0.4, 0.5) is 5.69 Å². The molecule has 0 radical (unpaired) electrons. The third-order valence-electron chi connectivity index (χ3n) is 3.57. The third kappa shape index (κ3) is 2.67. The van der Waals surface area contributed by atoms with Gasteiger partial charge in [0.1, 0.15) is 0 Å². The average molecular weight is 232 g/mol. The first-order valence-corrected chi connectivity index (χ1v) is 6.17.